The minimum atomic E-state index is -0.695. The molecule has 0 N–H and O–H groups in total. The van der Waals surface area contributed by atoms with Gasteiger partial charge >= 0.3 is 0 Å². The zero-order valence-electron chi connectivity index (χ0n) is 8.18. The van der Waals surface area contributed by atoms with Crippen molar-refractivity contribution < 1.29 is 4.74 Å². The maximum absolute atomic E-state index is 6.33. The van der Waals surface area contributed by atoms with Crippen molar-refractivity contribution >= 4 is 34.2 Å². The second-order valence-corrected chi connectivity index (χ2v) is 6.44. The SMILES string of the molecule is CCC1(C)OC(Cl)(I)c2ccccc21. The van der Waals surface area contributed by atoms with Crippen molar-refractivity contribution in [2.24, 2.45) is 0 Å². The van der Waals surface area contributed by atoms with Gasteiger partial charge in [-0.05, 0) is 41.5 Å². The summed E-state index contributed by atoms with van der Waals surface area (Å²) in [6.45, 7) is 4.21. The standard InChI is InChI=1S/C11H12ClIO/c1-3-10(2)8-6-4-5-7-9(8)11(12,13)14-10/h4-7H,3H2,1-2H3. The van der Waals surface area contributed by atoms with E-state index in [1.54, 1.807) is 0 Å². The molecule has 1 nitrogen and oxygen atoms in total. The molecule has 1 aromatic rings. The Balaban J connectivity index is 2.60. The van der Waals surface area contributed by atoms with Gasteiger partial charge in [0.05, 0.1) is 5.60 Å². The summed E-state index contributed by atoms with van der Waals surface area (Å²) in [5.74, 6) is 0. The van der Waals surface area contributed by atoms with E-state index in [0.717, 1.165) is 12.0 Å². The van der Waals surface area contributed by atoms with Crippen LogP contribution < -0.4 is 0 Å². The molecule has 0 fully saturated rings. The molecule has 14 heavy (non-hydrogen) atoms. The summed E-state index contributed by atoms with van der Waals surface area (Å²) in [6.07, 6.45) is 0.932. The predicted molar refractivity (Wildman–Crippen MR) is 66.7 cm³/mol. The Hall–Kier alpha value is 0.200. The molecule has 0 spiro atoms. The van der Waals surface area contributed by atoms with E-state index >= 15 is 0 Å². The Labute approximate surface area is 103 Å². The second kappa shape index (κ2) is 3.35. The molecule has 1 aromatic carbocycles. The molecule has 1 aliphatic heterocycles. The Kier molecular flexibility index (Phi) is 2.57. The van der Waals surface area contributed by atoms with Crippen LogP contribution in [0.4, 0.5) is 0 Å². The molecule has 1 aliphatic rings. The summed E-state index contributed by atoms with van der Waals surface area (Å²) in [5, 5.41) is 0. The molecular weight excluding hydrogens is 310 g/mol. The number of benzene rings is 1. The van der Waals surface area contributed by atoms with Crippen LogP contribution in [0.1, 0.15) is 31.4 Å². The Morgan fingerprint density at radius 2 is 1.93 bits per heavy atom. The Morgan fingerprint density at radius 3 is 2.50 bits per heavy atom. The maximum Gasteiger partial charge on any atom is 0.220 e. The van der Waals surface area contributed by atoms with E-state index in [-0.39, 0.29) is 5.60 Å². The predicted octanol–water partition coefficient (Wildman–Crippen LogP) is 4.13. The largest absolute Gasteiger partial charge is 0.336 e. The van der Waals surface area contributed by atoms with Gasteiger partial charge in [0.15, 0.2) is 0 Å². The monoisotopic (exact) mass is 322 g/mol. The molecule has 0 radical (unpaired) electrons. The Bertz CT molecular complexity index is 364. The number of hydrogen-bond donors (Lipinski definition) is 0. The van der Waals surface area contributed by atoms with Crippen molar-refractivity contribution in [3.8, 4) is 0 Å². The molecule has 2 rings (SSSR count). The van der Waals surface area contributed by atoms with Crippen molar-refractivity contribution in [2.45, 2.75) is 28.9 Å². The van der Waals surface area contributed by atoms with Crippen LogP contribution in [0.25, 0.3) is 0 Å². The van der Waals surface area contributed by atoms with Crippen LogP contribution in [0.3, 0.4) is 0 Å². The zero-order valence-corrected chi connectivity index (χ0v) is 11.1. The summed E-state index contributed by atoms with van der Waals surface area (Å²) < 4.78 is 5.21. The van der Waals surface area contributed by atoms with Crippen molar-refractivity contribution in [3.05, 3.63) is 35.4 Å². The minimum absolute atomic E-state index is 0.237. The molecule has 0 bridgehead atoms. The van der Waals surface area contributed by atoms with E-state index in [4.69, 9.17) is 16.3 Å². The van der Waals surface area contributed by atoms with Crippen LogP contribution in [-0.2, 0) is 13.4 Å². The fourth-order valence-electron chi connectivity index (χ4n) is 1.85. The van der Waals surface area contributed by atoms with E-state index in [1.807, 2.05) is 18.2 Å². The first-order valence-electron chi connectivity index (χ1n) is 4.67. The lowest BCUT2D eigenvalue weighted by atomic mass is 9.92. The lowest BCUT2D eigenvalue weighted by Gasteiger charge is -2.25. The van der Waals surface area contributed by atoms with Crippen LogP contribution in [0.15, 0.2) is 24.3 Å². The molecule has 0 aromatic heterocycles. The first kappa shape index (κ1) is 10.7. The van der Waals surface area contributed by atoms with Crippen molar-refractivity contribution in [2.75, 3.05) is 0 Å². The molecule has 1 heterocycles. The quantitative estimate of drug-likeness (QED) is 0.558. The molecule has 3 heteroatoms. The third-order valence-electron chi connectivity index (χ3n) is 2.84. The first-order chi connectivity index (χ1) is 6.49. The maximum atomic E-state index is 6.33. The molecule has 76 valence electrons. The number of ether oxygens (including phenoxy) is 1. The van der Waals surface area contributed by atoms with E-state index in [1.165, 1.54) is 5.56 Å². The van der Waals surface area contributed by atoms with Crippen LogP contribution in [-0.4, -0.2) is 0 Å². The molecular formula is C11H12ClIO. The van der Waals surface area contributed by atoms with E-state index in [2.05, 4.69) is 42.5 Å². The topological polar surface area (TPSA) is 9.23 Å². The van der Waals surface area contributed by atoms with Gasteiger partial charge in [0.25, 0.3) is 0 Å². The van der Waals surface area contributed by atoms with Crippen LogP contribution >= 0.6 is 34.2 Å². The van der Waals surface area contributed by atoms with E-state index in [9.17, 15) is 0 Å². The van der Waals surface area contributed by atoms with Crippen LogP contribution in [0.5, 0.6) is 0 Å². The normalized spacial score (nSPS) is 35.7. The van der Waals surface area contributed by atoms with Gasteiger partial charge in [0, 0.05) is 5.56 Å². The molecule has 2 atom stereocenters. The smallest absolute Gasteiger partial charge is 0.220 e. The number of rotatable bonds is 1. The molecule has 0 aliphatic carbocycles. The molecule has 0 saturated heterocycles. The van der Waals surface area contributed by atoms with Gasteiger partial charge < -0.3 is 4.74 Å². The van der Waals surface area contributed by atoms with Crippen molar-refractivity contribution in [1.82, 2.24) is 0 Å². The molecule has 2 unspecified atom stereocenters. The van der Waals surface area contributed by atoms with E-state index < -0.39 is 3.07 Å². The number of alkyl halides is 2. The van der Waals surface area contributed by atoms with Gasteiger partial charge in [-0.2, -0.15) is 0 Å². The third-order valence-corrected chi connectivity index (χ3v) is 3.92. The van der Waals surface area contributed by atoms with Gasteiger partial charge in [-0.3, -0.25) is 0 Å². The average molecular weight is 323 g/mol. The summed E-state index contributed by atoms with van der Waals surface area (Å²) in [4.78, 5) is 0. The molecule has 0 saturated carbocycles. The lowest BCUT2D eigenvalue weighted by Crippen LogP contribution is -2.22. The van der Waals surface area contributed by atoms with Crippen LogP contribution in [0, 0.1) is 0 Å². The summed E-state index contributed by atoms with van der Waals surface area (Å²) in [6, 6.07) is 8.17. The van der Waals surface area contributed by atoms with Gasteiger partial charge in [-0.25, -0.2) is 0 Å². The summed E-state index contributed by atoms with van der Waals surface area (Å²) in [5.41, 5.74) is 2.07. The van der Waals surface area contributed by atoms with Gasteiger partial charge in [-0.15, -0.1) is 0 Å². The van der Waals surface area contributed by atoms with Gasteiger partial charge in [0.2, 0.25) is 3.07 Å². The third kappa shape index (κ3) is 1.48. The fraction of sp³-hybridized carbons (Fsp3) is 0.455. The number of hydrogen-bond acceptors (Lipinski definition) is 1. The summed E-state index contributed by atoms with van der Waals surface area (Å²) >= 11 is 8.48. The lowest BCUT2D eigenvalue weighted by molar-refractivity contribution is -0.0419. The highest BCUT2D eigenvalue weighted by Gasteiger charge is 2.47. The number of halogens is 2. The van der Waals surface area contributed by atoms with Gasteiger partial charge in [0.1, 0.15) is 0 Å². The van der Waals surface area contributed by atoms with Crippen molar-refractivity contribution in [3.63, 3.8) is 0 Å². The zero-order chi connectivity index (χ0) is 10.4. The van der Waals surface area contributed by atoms with Gasteiger partial charge in [-0.1, -0.05) is 42.8 Å². The number of fused-ring (bicyclic) bond motifs is 1. The van der Waals surface area contributed by atoms with E-state index in [0.29, 0.717) is 0 Å². The highest BCUT2D eigenvalue weighted by Crippen LogP contribution is 2.54. The minimum Gasteiger partial charge on any atom is -0.336 e. The van der Waals surface area contributed by atoms with Crippen molar-refractivity contribution in [1.29, 1.82) is 0 Å². The fourth-order valence-corrected chi connectivity index (χ4v) is 3.14. The highest BCUT2D eigenvalue weighted by molar-refractivity contribution is 14.1. The van der Waals surface area contributed by atoms with Crippen LogP contribution in [0.2, 0.25) is 0 Å². The Morgan fingerprint density at radius 1 is 1.36 bits per heavy atom. The highest BCUT2D eigenvalue weighted by atomic mass is 127. The second-order valence-electron chi connectivity index (χ2n) is 3.75. The average Bonchev–Trinajstić information content (AvgIpc) is 2.37. The first-order valence-corrected chi connectivity index (χ1v) is 6.13. The summed E-state index contributed by atoms with van der Waals surface area (Å²) in [7, 11) is 0. The molecule has 0 amide bonds.